The first-order valence-electron chi connectivity index (χ1n) is 8.03. The second-order valence-electron chi connectivity index (χ2n) is 5.58. The SMILES string of the molecule is CCNC(CCc1ccccc1)Cc1cc(C)nn1CC. The van der Waals surface area contributed by atoms with Crippen LogP contribution in [0.25, 0.3) is 0 Å². The third kappa shape index (κ3) is 4.71. The molecule has 1 heterocycles. The zero-order valence-electron chi connectivity index (χ0n) is 13.5. The van der Waals surface area contributed by atoms with Gasteiger partial charge in [-0.1, -0.05) is 37.3 Å². The van der Waals surface area contributed by atoms with Crippen LogP contribution in [0.1, 0.15) is 37.2 Å². The molecular formula is C18H27N3. The summed E-state index contributed by atoms with van der Waals surface area (Å²) in [7, 11) is 0. The van der Waals surface area contributed by atoms with Gasteiger partial charge in [-0.05, 0) is 44.9 Å². The van der Waals surface area contributed by atoms with Crippen molar-refractivity contribution in [2.75, 3.05) is 6.54 Å². The Kier molecular flexibility index (Phi) is 6.00. The van der Waals surface area contributed by atoms with Crippen molar-refractivity contribution in [3.63, 3.8) is 0 Å². The van der Waals surface area contributed by atoms with Crippen LogP contribution in [0.15, 0.2) is 36.4 Å². The van der Waals surface area contributed by atoms with Crippen LogP contribution in [-0.4, -0.2) is 22.4 Å². The molecule has 2 rings (SSSR count). The molecule has 0 bridgehead atoms. The van der Waals surface area contributed by atoms with E-state index in [4.69, 9.17) is 0 Å². The summed E-state index contributed by atoms with van der Waals surface area (Å²) in [6.45, 7) is 8.36. The lowest BCUT2D eigenvalue weighted by Gasteiger charge is -2.18. The average Bonchev–Trinajstić information content (AvgIpc) is 2.86. The second-order valence-corrected chi connectivity index (χ2v) is 5.58. The molecule has 0 aliphatic carbocycles. The topological polar surface area (TPSA) is 29.9 Å². The predicted octanol–water partition coefficient (Wildman–Crippen LogP) is 3.36. The molecule has 114 valence electrons. The number of nitrogens with zero attached hydrogens (tertiary/aromatic N) is 2. The van der Waals surface area contributed by atoms with Gasteiger partial charge in [-0.15, -0.1) is 0 Å². The highest BCUT2D eigenvalue weighted by molar-refractivity contribution is 5.15. The summed E-state index contributed by atoms with van der Waals surface area (Å²) in [5, 5.41) is 8.17. The van der Waals surface area contributed by atoms with Gasteiger partial charge in [0.15, 0.2) is 0 Å². The standard InChI is InChI=1S/C18H27N3/c1-4-19-17(12-11-16-9-7-6-8-10-16)14-18-13-15(3)20-21(18)5-2/h6-10,13,17,19H,4-5,11-12,14H2,1-3H3. The summed E-state index contributed by atoms with van der Waals surface area (Å²) in [6.07, 6.45) is 3.33. The van der Waals surface area contributed by atoms with Crippen LogP contribution in [0.5, 0.6) is 0 Å². The summed E-state index contributed by atoms with van der Waals surface area (Å²) in [6, 6.07) is 13.5. The molecule has 0 saturated heterocycles. The van der Waals surface area contributed by atoms with Crippen LogP contribution < -0.4 is 5.32 Å². The zero-order valence-corrected chi connectivity index (χ0v) is 13.5. The number of rotatable bonds is 8. The van der Waals surface area contributed by atoms with Crippen molar-refractivity contribution in [1.82, 2.24) is 15.1 Å². The molecule has 1 aromatic carbocycles. The first-order valence-corrected chi connectivity index (χ1v) is 8.03. The van der Waals surface area contributed by atoms with Crippen molar-refractivity contribution in [3.05, 3.63) is 53.3 Å². The Morgan fingerprint density at radius 1 is 1.19 bits per heavy atom. The van der Waals surface area contributed by atoms with Crippen molar-refractivity contribution in [2.24, 2.45) is 0 Å². The van der Waals surface area contributed by atoms with E-state index in [9.17, 15) is 0 Å². The number of nitrogens with one attached hydrogen (secondary N) is 1. The van der Waals surface area contributed by atoms with Crippen LogP contribution >= 0.6 is 0 Å². The van der Waals surface area contributed by atoms with Crippen LogP contribution in [0, 0.1) is 6.92 Å². The molecule has 1 atom stereocenters. The second kappa shape index (κ2) is 7.99. The van der Waals surface area contributed by atoms with Gasteiger partial charge in [0.05, 0.1) is 5.69 Å². The first-order chi connectivity index (χ1) is 10.2. The number of aryl methyl sites for hydroxylation is 3. The first kappa shape index (κ1) is 15.8. The largest absolute Gasteiger partial charge is 0.314 e. The van der Waals surface area contributed by atoms with E-state index in [-0.39, 0.29) is 0 Å². The molecule has 1 unspecified atom stereocenters. The molecule has 3 nitrogen and oxygen atoms in total. The number of hydrogen-bond acceptors (Lipinski definition) is 2. The monoisotopic (exact) mass is 285 g/mol. The van der Waals surface area contributed by atoms with Crippen LogP contribution in [-0.2, 0) is 19.4 Å². The highest BCUT2D eigenvalue weighted by Crippen LogP contribution is 2.12. The third-order valence-corrected chi connectivity index (χ3v) is 3.86. The molecule has 0 saturated carbocycles. The molecular weight excluding hydrogens is 258 g/mol. The summed E-state index contributed by atoms with van der Waals surface area (Å²) in [5.74, 6) is 0. The van der Waals surface area contributed by atoms with E-state index in [2.05, 4.69) is 72.3 Å². The molecule has 3 heteroatoms. The molecule has 0 fully saturated rings. The average molecular weight is 285 g/mol. The number of hydrogen-bond donors (Lipinski definition) is 1. The number of benzene rings is 1. The lowest BCUT2D eigenvalue weighted by Crippen LogP contribution is -2.32. The quantitative estimate of drug-likeness (QED) is 0.806. The van der Waals surface area contributed by atoms with Crippen LogP contribution in [0.2, 0.25) is 0 Å². The Morgan fingerprint density at radius 2 is 1.95 bits per heavy atom. The van der Waals surface area contributed by atoms with E-state index < -0.39 is 0 Å². The Labute approximate surface area is 128 Å². The fourth-order valence-corrected chi connectivity index (χ4v) is 2.84. The van der Waals surface area contributed by atoms with Gasteiger partial charge in [-0.3, -0.25) is 4.68 Å². The maximum Gasteiger partial charge on any atom is 0.0596 e. The van der Waals surface area contributed by atoms with E-state index in [1.54, 1.807) is 0 Å². The normalized spacial score (nSPS) is 12.5. The van der Waals surface area contributed by atoms with Crippen molar-refractivity contribution < 1.29 is 0 Å². The van der Waals surface area contributed by atoms with E-state index >= 15 is 0 Å². The fraction of sp³-hybridized carbons (Fsp3) is 0.500. The Balaban J connectivity index is 1.98. The van der Waals surface area contributed by atoms with E-state index in [0.29, 0.717) is 6.04 Å². The molecule has 1 N–H and O–H groups in total. The van der Waals surface area contributed by atoms with Gasteiger partial charge in [0.2, 0.25) is 0 Å². The zero-order chi connectivity index (χ0) is 15.1. The summed E-state index contributed by atoms with van der Waals surface area (Å²) in [4.78, 5) is 0. The molecule has 0 aliphatic rings. The van der Waals surface area contributed by atoms with E-state index in [1.807, 2.05) is 0 Å². The lowest BCUT2D eigenvalue weighted by molar-refractivity contribution is 0.471. The summed E-state index contributed by atoms with van der Waals surface area (Å²) < 4.78 is 2.13. The molecule has 1 aromatic heterocycles. The van der Waals surface area contributed by atoms with Gasteiger partial charge in [-0.25, -0.2) is 0 Å². The molecule has 0 amide bonds. The van der Waals surface area contributed by atoms with Gasteiger partial charge >= 0.3 is 0 Å². The Hall–Kier alpha value is -1.61. The van der Waals surface area contributed by atoms with Crippen molar-refractivity contribution >= 4 is 0 Å². The maximum atomic E-state index is 4.55. The minimum Gasteiger partial charge on any atom is -0.314 e. The lowest BCUT2D eigenvalue weighted by atomic mass is 10.0. The van der Waals surface area contributed by atoms with E-state index in [0.717, 1.165) is 38.0 Å². The van der Waals surface area contributed by atoms with Gasteiger partial charge < -0.3 is 5.32 Å². The van der Waals surface area contributed by atoms with E-state index in [1.165, 1.54) is 11.3 Å². The molecule has 2 aromatic rings. The van der Waals surface area contributed by atoms with Gasteiger partial charge in [-0.2, -0.15) is 5.10 Å². The van der Waals surface area contributed by atoms with Gasteiger partial charge in [0.25, 0.3) is 0 Å². The number of aromatic nitrogens is 2. The smallest absolute Gasteiger partial charge is 0.0596 e. The van der Waals surface area contributed by atoms with Gasteiger partial charge in [0, 0.05) is 24.7 Å². The summed E-state index contributed by atoms with van der Waals surface area (Å²) >= 11 is 0. The van der Waals surface area contributed by atoms with Gasteiger partial charge in [0.1, 0.15) is 0 Å². The molecule has 0 aliphatic heterocycles. The molecule has 0 radical (unpaired) electrons. The highest BCUT2D eigenvalue weighted by atomic mass is 15.3. The van der Waals surface area contributed by atoms with Crippen LogP contribution in [0.4, 0.5) is 0 Å². The Morgan fingerprint density at radius 3 is 2.62 bits per heavy atom. The van der Waals surface area contributed by atoms with Crippen LogP contribution in [0.3, 0.4) is 0 Å². The van der Waals surface area contributed by atoms with Crippen molar-refractivity contribution in [1.29, 1.82) is 0 Å². The van der Waals surface area contributed by atoms with Crippen molar-refractivity contribution in [3.8, 4) is 0 Å². The minimum absolute atomic E-state index is 0.511. The third-order valence-electron chi connectivity index (χ3n) is 3.86. The summed E-state index contributed by atoms with van der Waals surface area (Å²) in [5.41, 5.74) is 3.87. The number of likely N-dealkylation sites (N-methyl/N-ethyl adjacent to an activating group) is 1. The molecule has 21 heavy (non-hydrogen) atoms. The predicted molar refractivity (Wildman–Crippen MR) is 88.6 cm³/mol. The minimum atomic E-state index is 0.511. The highest BCUT2D eigenvalue weighted by Gasteiger charge is 2.12. The fourth-order valence-electron chi connectivity index (χ4n) is 2.84. The maximum absolute atomic E-state index is 4.55. The Bertz CT molecular complexity index is 531. The molecule has 0 spiro atoms. The van der Waals surface area contributed by atoms with Crippen molar-refractivity contribution in [2.45, 2.75) is 52.6 Å².